The molecule has 0 spiro atoms. The first-order chi connectivity index (χ1) is 15.9. The number of hydrogen-bond acceptors (Lipinski definition) is 5. The van der Waals surface area contributed by atoms with E-state index in [2.05, 4.69) is 5.32 Å². The molecule has 4 atom stereocenters. The van der Waals surface area contributed by atoms with Gasteiger partial charge >= 0.3 is 0 Å². The first-order valence-electron chi connectivity index (χ1n) is 10.5. The summed E-state index contributed by atoms with van der Waals surface area (Å²) in [5, 5.41) is 21.0. The summed E-state index contributed by atoms with van der Waals surface area (Å²) in [6, 6.07) is 6.76. The van der Waals surface area contributed by atoms with Gasteiger partial charge in [0.05, 0.1) is 33.3 Å². The topological polar surface area (TPSA) is 107 Å². The molecule has 0 aliphatic heterocycles. The number of anilines is 1. The van der Waals surface area contributed by atoms with Gasteiger partial charge in [-0.3, -0.25) is 4.79 Å². The molecule has 2 saturated carbocycles. The van der Waals surface area contributed by atoms with E-state index in [-0.39, 0.29) is 52.3 Å². The lowest BCUT2D eigenvalue weighted by Gasteiger charge is -2.39. The Bertz CT molecular complexity index is 1270. The van der Waals surface area contributed by atoms with Crippen LogP contribution in [-0.2, 0) is 9.84 Å². The summed E-state index contributed by atoms with van der Waals surface area (Å²) in [6.07, 6.45) is 1.46. The molecule has 11 heteroatoms. The van der Waals surface area contributed by atoms with E-state index in [1.54, 1.807) is 0 Å². The zero-order valence-corrected chi connectivity index (χ0v) is 19.3. The SMILES string of the molecule is N#CC[C@]1(O)CC2CC[C@@H](C1)C2S(=O)(=O)c1cc(C(=O)Nc2cc(F)c(F)c(F)c2)ccc1Cl. The Morgan fingerprint density at radius 1 is 1.15 bits per heavy atom. The van der Waals surface area contributed by atoms with E-state index in [0.29, 0.717) is 25.0 Å². The molecule has 0 heterocycles. The second-order valence-electron chi connectivity index (χ2n) is 8.93. The zero-order valence-electron chi connectivity index (χ0n) is 17.7. The smallest absolute Gasteiger partial charge is 0.255 e. The van der Waals surface area contributed by atoms with Crippen LogP contribution < -0.4 is 5.32 Å². The normalized spacial score (nSPS) is 26.2. The summed E-state index contributed by atoms with van der Waals surface area (Å²) in [7, 11) is -4.02. The largest absolute Gasteiger partial charge is 0.389 e. The molecule has 6 nitrogen and oxygen atoms in total. The highest BCUT2D eigenvalue weighted by Crippen LogP contribution is 2.52. The van der Waals surface area contributed by atoms with Crippen LogP contribution in [0.5, 0.6) is 0 Å². The Morgan fingerprint density at radius 2 is 1.74 bits per heavy atom. The quantitative estimate of drug-likeness (QED) is 0.569. The first-order valence-corrected chi connectivity index (χ1v) is 12.5. The molecular formula is C23H20ClF3N2O4S. The van der Waals surface area contributed by atoms with Crippen LogP contribution in [0.3, 0.4) is 0 Å². The number of nitrogens with zero attached hydrogens (tertiary/aromatic N) is 1. The molecule has 2 aromatic rings. The van der Waals surface area contributed by atoms with Crippen molar-refractivity contribution in [3.05, 3.63) is 58.4 Å². The van der Waals surface area contributed by atoms with Crippen LogP contribution in [0.25, 0.3) is 0 Å². The number of hydrogen-bond donors (Lipinski definition) is 2. The van der Waals surface area contributed by atoms with Gasteiger partial charge in [0.15, 0.2) is 27.3 Å². The fourth-order valence-corrected chi connectivity index (χ4v) is 8.12. The Hall–Kier alpha value is -2.61. The van der Waals surface area contributed by atoms with Crippen molar-refractivity contribution in [2.45, 2.75) is 47.9 Å². The molecule has 180 valence electrons. The minimum Gasteiger partial charge on any atom is -0.389 e. The fourth-order valence-electron chi connectivity index (χ4n) is 5.28. The molecule has 2 unspecified atom stereocenters. The van der Waals surface area contributed by atoms with Crippen LogP contribution in [-0.4, -0.2) is 30.3 Å². The lowest BCUT2D eigenvalue weighted by atomic mass is 9.76. The molecule has 0 saturated heterocycles. The minimum atomic E-state index is -4.02. The van der Waals surface area contributed by atoms with E-state index in [4.69, 9.17) is 16.9 Å². The average Bonchev–Trinajstić information content (AvgIpc) is 3.05. The number of benzene rings is 2. The highest BCUT2D eigenvalue weighted by Gasteiger charge is 2.54. The summed E-state index contributed by atoms with van der Waals surface area (Å²) < 4.78 is 67.3. The van der Waals surface area contributed by atoms with E-state index >= 15 is 0 Å². The molecule has 2 aliphatic rings. The second kappa shape index (κ2) is 8.87. The number of carbonyl (C=O) groups is 1. The predicted molar refractivity (Wildman–Crippen MR) is 117 cm³/mol. The molecule has 2 aromatic carbocycles. The van der Waals surface area contributed by atoms with Gasteiger partial charge in [0.1, 0.15) is 0 Å². The van der Waals surface area contributed by atoms with Crippen LogP contribution in [0.1, 0.15) is 42.5 Å². The number of nitriles is 1. The third kappa shape index (κ3) is 4.40. The van der Waals surface area contributed by atoms with Crippen LogP contribution in [0, 0.1) is 40.6 Å². The van der Waals surface area contributed by atoms with Crippen LogP contribution in [0.2, 0.25) is 5.02 Å². The summed E-state index contributed by atoms with van der Waals surface area (Å²) in [6.45, 7) is 0. The standard InChI is InChI=1S/C23H20ClF3N2O4S/c24-16-4-3-12(22(30)29-15-8-17(25)20(27)18(26)9-15)7-19(16)34(32,33)21-13-1-2-14(21)11-23(31,10-13)5-6-28/h3-4,7-9,13-14,21,31H,1-2,5,10-11H2,(H,29,30)/t13-,14?,21?,23+/m0/s1. The maximum absolute atomic E-state index is 13.6. The minimum absolute atomic E-state index is 0.0756. The first kappa shape index (κ1) is 24.5. The Balaban J connectivity index is 1.62. The van der Waals surface area contributed by atoms with Gasteiger partial charge in [0, 0.05) is 23.4 Å². The van der Waals surface area contributed by atoms with E-state index in [0.717, 1.165) is 6.07 Å². The van der Waals surface area contributed by atoms with Crippen molar-refractivity contribution in [2.75, 3.05) is 5.32 Å². The second-order valence-corrected chi connectivity index (χ2v) is 11.4. The van der Waals surface area contributed by atoms with E-state index in [1.165, 1.54) is 12.1 Å². The van der Waals surface area contributed by atoms with Gasteiger partial charge in [0.2, 0.25) is 0 Å². The van der Waals surface area contributed by atoms with Crippen molar-refractivity contribution >= 4 is 33.0 Å². The zero-order chi connectivity index (χ0) is 24.8. The number of sulfone groups is 1. The molecule has 2 bridgehead atoms. The van der Waals surface area contributed by atoms with Crippen molar-refractivity contribution in [2.24, 2.45) is 11.8 Å². The highest BCUT2D eigenvalue weighted by molar-refractivity contribution is 7.92. The lowest BCUT2D eigenvalue weighted by molar-refractivity contribution is -0.0147. The van der Waals surface area contributed by atoms with Crippen molar-refractivity contribution in [1.82, 2.24) is 0 Å². The summed E-state index contributed by atoms with van der Waals surface area (Å²) >= 11 is 6.20. The number of halogens is 4. The molecular weight excluding hydrogens is 493 g/mol. The summed E-state index contributed by atoms with van der Waals surface area (Å²) in [5.74, 6) is -6.24. The van der Waals surface area contributed by atoms with Crippen molar-refractivity contribution in [3.8, 4) is 6.07 Å². The van der Waals surface area contributed by atoms with E-state index in [1.807, 2.05) is 6.07 Å². The van der Waals surface area contributed by atoms with Gasteiger partial charge in [-0.25, -0.2) is 21.6 Å². The van der Waals surface area contributed by atoms with Gasteiger partial charge in [-0.15, -0.1) is 0 Å². The maximum atomic E-state index is 13.6. The third-order valence-electron chi connectivity index (χ3n) is 6.63. The molecule has 0 aromatic heterocycles. The maximum Gasteiger partial charge on any atom is 0.255 e. The number of rotatable bonds is 5. The Kier molecular flexibility index (Phi) is 6.40. The molecule has 0 radical (unpaired) electrons. The summed E-state index contributed by atoms with van der Waals surface area (Å²) in [5.41, 5.74) is -1.70. The highest BCUT2D eigenvalue weighted by atomic mass is 35.5. The van der Waals surface area contributed by atoms with E-state index < -0.39 is 44.0 Å². The lowest BCUT2D eigenvalue weighted by Crippen LogP contribution is -2.46. The van der Waals surface area contributed by atoms with Crippen LogP contribution in [0.15, 0.2) is 35.2 Å². The van der Waals surface area contributed by atoms with Gasteiger partial charge in [-0.1, -0.05) is 11.6 Å². The Labute approximate surface area is 199 Å². The van der Waals surface area contributed by atoms with Crippen molar-refractivity contribution in [3.63, 3.8) is 0 Å². The molecule has 2 fully saturated rings. The molecule has 2 N–H and O–H groups in total. The number of fused-ring (bicyclic) bond motifs is 2. The number of carbonyl (C=O) groups excluding carboxylic acids is 1. The number of nitrogens with one attached hydrogen (secondary N) is 1. The molecule has 1 amide bonds. The van der Waals surface area contributed by atoms with Gasteiger partial charge in [0.25, 0.3) is 5.91 Å². The van der Waals surface area contributed by atoms with Gasteiger partial charge < -0.3 is 10.4 Å². The van der Waals surface area contributed by atoms with Crippen LogP contribution >= 0.6 is 11.6 Å². The predicted octanol–water partition coefficient (Wildman–Crippen LogP) is 4.62. The molecule has 2 aliphatic carbocycles. The Morgan fingerprint density at radius 3 is 2.29 bits per heavy atom. The third-order valence-corrected chi connectivity index (χ3v) is 9.51. The number of amides is 1. The summed E-state index contributed by atoms with van der Waals surface area (Å²) in [4.78, 5) is 12.4. The van der Waals surface area contributed by atoms with Crippen molar-refractivity contribution in [1.29, 1.82) is 5.26 Å². The average molecular weight is 513 g/mol. The number of aliphatic hydroxyl groups is 1. The van der Waals surface area contributed by atoms with Crippen molar-refractivity contribution < 1.29 is 31.5 Å². The van der Waals surface area contributed by atoms with Gasteiger partial charge in [-0.2, -0.15) is 5.26 Å². The molecule has 34 heavy (non-hydrogen) atoms. The van der Waals surface area contributed by atoms with E-state index in [9.17, 15) is 31.5 Å². The van der Waals surface area contributed by atoms with Gasteiger partial charge in [-0.05, 0) is 55.7 Å². The monoisotopic (exact) mass is 512 g/mol. The van der Waals surface area contributed by atoms with Crippen LogP contribution in [0.4, 0.5) is 18.9 Å². The fraction of sp³-hybridized carbons (Fsp3) is 0.391. The molecule has 4 rings (SSSR count).